The van der Waals surface area contributed by atoms with Crippen molar-refractivity contribution >= 4 is 81.9 Å². The third-order valence-electron chi connectivity index (χ3n) is 11.6. The molecule has 0 aliphatic heterocycles. The first kappa shape index (κ1) is 39.9. The predicted molar refractivity (Wildman–Crippen MR) is 233 cm³/mol. The van der Waals surface area contributed by atoms with Crippen LogP contribution in [-0.4, -0.2) is 31.2 Å². The van der Waals surface area contributed by atoms with Crippen LogP contribution < -0.4 is 10.4 Å². The van der Waals surface area contributed by atoms with Gasteiger partial charge in [0.15, 0.2) is 0 Å². The zero-order valence-corrected chi connectivity index (χ0v) is 42.1. The molecule has 0 nitrogen and oxygen atoms in total. The molecule has 0 amide bonds. The summed E-state index contributed by atoms with van der Waals surface area (Å²) in [6.45, 7) is 26.0. The molecule has 3 atom stereocenters. The molecule has 0 spiro atoms. The van der Waals surface area contributed by atoms with Crippen molar-refractivity contribution in [3.63, 3.8) is 0 Å². The van der Waals surface area contributed by atoms with Gasteiger partial charge in [-0.1, -0.05) is 19.6 Å². The van der Waals surface area contributed by atoms with Crippen molar-refractivity contribution in [3.05, 3.63) is 135 Å². The molecule has 0 aromatic heterocycles. The van der Waals surface area contributed by atoms with Gasteiger partial charge in [-0.3, -0.25) is 0 Å². The summed E-state index contributed by atoms with van der Waals surface area (Å²) in [7, 11) is 13.2. The van der Waals surface area contributed by atoms with Crippen molar-refractivity contribution in [2.75, 3.05) is 0 Å². The van der Waals surface area contributed by atoms with Crippen LogP contribution in [0.2, 0.25) is 49.3 Å². The molecule has 0 N–H and O–H groups in total. The van der Waals surface area contributed by atoms with Gasteiger partial charge in [0, 0.05) is 0 Å². The van der Waals surface area contributed by atoms with Crippen molar-refractivity contribution < 1.29 is 19.1 Å². The van der Waals surface area contributed by atoms with E-state index in [0.29, 0.717) is 0 Å². The van der Waals surface area contributed by atoms with E-state index in [1.165, 1.54) is 69.8 Å². The van der Waals surface area contributed by atoms with Crippen molar-refractivity contribution in [1.82, 2.24) is 0 Å². The second-order valence-corrected chi connectivity index (χ2v) is 40.0. The Balaban J connectivity index is 1.66. The molecule has 2 aromatic carbocycles. The Labute approximate surface area is 337 Å². The molecule has 0 heterocycles. The Morgan fingerprint density at radius 1 is 0.882 bits per heavy atom. The monoisotopic (exact) mass is 971 g/mol. The van der Waals surface area contributed by atoms with Gasteiger partial charge in [-0.05, 0) is 0 Å². The topological polar surface area (TPSA) is 0 Å². The van der Waals surface area contributed by atoms with Crippen LogP contribution in [0.25, 0.3) is 0 Å². The van der Waals surface area contributed by atoms with Crippen molar-refractivity contribution in [1.29, 1.82) is 0 Å². The summed E-state index contributed by atoms with van der Waals surface area (Å²) in [6.07, 6.45) is 16.1. The van der Waals surface area contributed by atoms with E-state index < -0.39 is 40.6 Å². The molecule has 6 rings (SSSR count). The number of benzene rings is 2. The molecule has 8 heteroatoms. The number of aryl methyl sites for hydroxylation is 2. The summed E-state index contributed by atoms with van der Waals surface area (Å²) in [4.78, 5) is 0. The molecular weight excluding hydrogens is 921 g/mol. The molecule has 0 bridgehead atoms. The standard InChI is InChI=1S/C43H51Cl2Si3.2ClH.Hf/c1-12-29-22-31(19-27(4)41(29)47(6,7)8)43(36-21-25(2)28(5)32(36)17-18-39(43)46)40-26(3)20-35-33(15-13-14-16-34(35)40)30-23-37(44)42(38(45)24-30)48(9,10)11;;;/h13-14,16-20,22-24,28,33H,12,15,46H2,1-11H3;2*1H;/q;;;+2/p-2. The zero-order chi connectivity index (χ0) is 37.5. The second-order valence-electron chi connectivity index (χ2n) is 17.0. The van der Waals surface area contributed by atoms with E-state index in [-0.39, 0.29) is 11.8 Å². The molecule has 0 saturated carbocycles. The second kappa shape index (κ2) is 14.3. The van der Waals surface area contributed by atoms with Gasteiger partial charge < -0.3 is 0 Å². The van der Waals surface area contributed by atoms with Crippen LogP contribution in [-0.2, 0) is 30.9 Å². The fourth-order valence-corrected chi connectivity index (χ4v) is 24.2. The van der Waals surface area contributed by atoms with Gasteiger partial charge in [0.1, 0.15) is 0 Å². The molecule has 0 fully saturated rings. The number of allylic oxidation sites excluding steroid dienone is 14. The molecule has 267 valence electrons. The molecule has 4 aliphatic rings. The summed E-state index contributed by atoms with van der Waals surface area (Å²) < 4.78 is 1.29. The van der Waals surface area contributed by atoms with Gasteiger partial charge in [0.2, 0.25) is 0 Å². The maximum absolute atomic E-state index is 7.27. The Hall–Kier alpha value is -0.829. The Bertz CT molecular complexity index is 2070. The van der Waals surface area contributed by atoms with Crippen LogP contribution in [0.1, 0.15) is 62.3 Å². The van der Waals surface area contributed by atoms with Gasteiger partial charge >= 0.3 is 321 Å². The minimum atomic E-state index is -3.17. The van der Waals surface area contributed by atoms with Crippen LogP contribution in [0, 0.1) is 12.8 Å². The maximum atomic E-state index is 7.27. The first-order valence-corrected chi connectivity index (χ1v) is 37.4. The minimum absolute atomic E-state index is 0.121. The van der Waals surface area contributed by atoms with Gasteiger partial charge in [-0.15, -0.1) is 0 Å². The van der Waals surface area contributed by atoms with E-state index in [0.717, 1.165) is 28.1 Å². The van der Waals surface area contributed by atoms with Crippen LogP contribution in [0.3, 0.4) is 0 Å². The molecule has 0 saturated heterocycles. The molecule has 2 aromatic rings. The number of fused-ring (bicyclic) bond motifs is 1. The summed E-state index contributed by atoms with van der Waals surface area (Å²) in [5.74, 6) is 0.391. The number of rotatable bonds is 7. The van der Waals surface area contributed by atoms with Crippen LogP contribution in [0.5, 0.6) is 0 Å². The first-order valence-electron chi connectivity index (χ1n) is 18.2. The average molecular weight is 972 g/mol. The summed E-state index contributed by atoms with van der Waals surface area (Å²) in [6, 6.07) is 9.50. The van der Waals surface area contributed by atoms with E-state index in [4.69, 9.17) is 40.4 Å². The predicted octanol–water partition coefficient (Wildman–Crippen LogP) is 11.6. The van der Waals surface area contributed by atoms with Gasteiger partial charge in [0.05, 0.1) is 0 Å². The number of hydrogen-bond donors (Lipinski definition) is 0. The van der Waals surface area contributed by atoms with Crippen LogP contribution >= 0.6 is 40.4 Å². The van der Waals surface area contributed by atoms with Gasteiger partial charge in [-0.25, -0.2) is 0 Å². The van der Waals surface area contributed by atoms with Gasteiger partial charge in [0.25, 0.3) is 0 Å². The molecule has 4 aliphatic carbocycles. The average Bonchev–Trinajstić information content (AvgIpc) is 3.37. The van der Waals surface area contributed by atoms with Gasteiger partial charge in [-0.2, -0.15) is 0 Å². The zero-order valence-electron chi connectivity index (χ0n) is 32.1. The molecular formula is C43H51Cl4HfSi3. The van der Waals surface area contributed by atoms with E-state index >= 15 is 0 Å². The fraction of sp³-hybridized carbons (Fsp3) is 0.372. The van der Waals surface area contributed by atoms with Crippen LogP contribution in [0.15, 0.2) is 103 Å². The summed E-state index contributed by atoms with van der Waals surface area (Å²) >= 11 is 11.0. The van der Waals surface area contributed by atoms with Crippen LogP contribution in [0.4, 0.5) is 0 Å². The van der Waals surface area contributed by atoms with E-state index in [9.17, 15) is 0 Å². The Kier molecular flexibility index (Phi) is 11.2. The summed E-state index contributed by atoms with van der Waals surface area (Å²) in [5, 5.41) is 5.67. The van der Waals surface area contributed by atoms with Crippen molar-refractivity contribution in [3.8, 4) is 0 Å². The van der Waals surface area contributed by atoms with Crippen molar-refractivity contribution in [2.24, 2.45) is 5.92 Å². The Morgan fingerprint density at radius 3 is 2.08 bits per heavy atom. The number of halogens is 4. The van der Waals surface area contributed by atoms with E-state index in [1.807, 2.05) is 0 Å². The molecule has 0 radical (unpaired) electrons. The number of hydrogen-bond acceptors (Lipinski definition) is 0. The SMILES string of the molecule is CCc1cc(C2(C3=C(C)C=C4C3=CC=CCC4c3cc(Cl)c([Si](C)(C)C)c(Cl)c3)C(=[SiH2])C=CC3=C2[C]([Hf]([Cl])[Cl])=C(C)C3C)cc(C)c1[Si](C)(C)C. The normalized spacial score (nSPS) is 23.5. The molecule has 51 heavy (non-hydrogen) atoms. The molecule has 3 unspecified atom stereocenters. The van der Waals surface area contributed by atoms with Crippen molar-refractivity contribution in [2.45, 2.75) is 98.1 Å². The third-order valence-corrected chi connectivity index (χ3v) is 24.3. The van der Waals surface area contributed by atoms with E-state index in [1.54, 1.807) is 5.19 Å². The first-order chi connectivity index (χ1) is 23.8. The quantitative estimate of drug-likeness (QED) is 0.243. The summed E-state index contributed by atoms with van der Waals surface area (Å²) in [5.41, 5.74) is 14.3. The van der Waals surface area contributed by atoms with E-state index in [2.05, 4.69) is 144 Å². The fourth-order valence-electron chi connectivity index (χ4n) is 9.58. The third kappa shape index (κ3) is 6.56. The Morgan fingerprint density at radius 2 is 1.51 bits per heavy atom.